The summed E-state index contributed by atoms with van der Waals surface area (Å²) in [5, 5.41) is 6.85. The molecule has 2 aromatic rings. The van der Waals surface area contributed by atoms with Gasteiger partial charge in [0.2, 0.25) is 11.7 Å². The van der Waals surface area contributed by atoms with Crippen LogP contribution in [0, 0.1) is 0 Å². The van der Waals surface area contributed by atoms with E-state index in [1.54, 1.807) is 18.6 Å². The van der Waals surface area contributed by atoms with Crippen molar-refractivity contribution in [1.29, 1.82) is 0 Å². The van der Waals surface area contributed by atoms with Gasteiger partial charge in [-0.25, -0.2) is 0 Å². The summed E-state index contributed by atoms with van der Waals surface area (Å²) < 4.78 is 9.97. The molecule has 0 aliphatic carbocycles. The Bertz CT molecular complexity index is 380. The summed E-state index contributed by atoms with van der Waals surface area (Å²) in [5.41, 5.74) is 0.837. The number of hydrogen-bond acceptors (Lipinski definition) is 5. The van der Waals surface area contributed by atoms with Crippen LogP contribution in [0.5, 0.6) is 0 Å². The van der Waals surface area contributed by atoms with Crippen LogP contribution in [-0.2, 0) is 6.42 Å². The molecular formula is C9H11N3O2. The molecule has 5 heteroatoms. The van der Waals surface area contributed by atoms with Gasteiger partial charge in [0.15, 0.2) is 0 Å². The summed E-state index contributed by atoms with van der Waals surface area (Å²) >= 11 is 0. The Hall–Kier alpha value is -1.62. The molecule has 14 heavy (non-hydrogen) atoms. The Labute approximate surface area is 81.1 Å². The first-order chi connectivity index (χ1) is 6.90. The Morgan fingerprint density at radius 3 is 3.14 bits per heavy atom. The average molecular weight is 193 g/mol. The third-order valence-electron chi connectivity index (χ3n) is 1.84. The highest BCUT2D eigenvalue weighted by Crippen LogP contribution is 2.15. The van der Waals surface area contributed by atoms with Crippen LogP contribution in [0.3, 0.4) is 0 Å². The highest BCUT2D eigenvalue weighted by atomic mass is 16.5. The van der Waals surface area contributed by atoms with Crippen LogP contribution in [-0.4, -0.2) is 23.7 Å². The summed E-state index contributed by atoms with van der Waals surface area (Å²) in [5.74, 6) is 1.21. The topological polar surface area (TPSA) is 64.1 Å². The fourth-order valence-corrected chi connectivity index (χ4v) is 1.10. The maximum absolute atomic E-state index is 5.05. The lowest BCUT2D eigenvalue weighted by molar-refractivity contribution is 0.377. The van der Waals surface area contributed by atoms with Crippen molar-refractivity contribution in [1.82, 2.24) is 15.5 Å². The van der Waals surface area contributed by atoms with Crippen LogP contribution in [0.2, 0.25) is 0 Å². The van der Waals surface area contributed by atoms with Crippen molar-refractivity contribution < 1.29 is 8.94 Å². The molecule has 0 unspecified atom stereocenters. The number of nitrogens with zero attached hydrogens (tertiary/aromatic N) is 2. The van der Waals surface area contributed by atoms with E-state index in [1.165, 1.54) is 0 Å². The molecule has 2 aromatic heterocycles. The second kappa shape index (κ2) is 4.06. The molecule has 0 atom stereocenters. The number of likely N-dealkylation sites (N-methyl/N-ethyl adjacent to an activating group) is 1. The summed E-state index contributed by atoms with van der Waals surface area (Å²) in [6.07, 6.45) is 3.91. The SMILES string of the molecule is CNCCc1nc(-c2ccoc2)no1. The van der Waals surface area contributed by atoms with Crippen molar-refractivity contribution >= 4 is 0 Å². The van der Waals surface area contributed by atoms with Crippen LogP contribution >= 0.6 is 0 Å². The number of hydrogen-bond donors (Lipinski definition) is 1. The zero-order chi connectivity index (χ0) is 9.80. The molecule has 5 nitrogen and oxygen atoms in total. The van der Waals surface area contributed by atoms with Gasteiger partial charge in [0.1, 0.15) is 6.26 Å². The van der Waals surface area contributed by atoms with Crippen molar-refractivity contribution in [2.75, 3.05) is 13.6 Å². The lowest BCUT2D eigenvalue weighted by Gasteiger charge is -1.90. The molecule has 1 N–H and O–H groups in total. The first kappa shape index (κ1) is 8.96. The van der Waals surface area contributed by atoms with E-state index in [9.17, 15) is 0 Å². The molecule has 0 saturated carbocycles. The maximum atomic E-state index is 5.05. The minimum atomic E-state index is 0.574. The minimum Gasteiger partial charge on any atom is -0.472 e. The third kappa shape index (κ3) is 1.82. The normalized spacial score (nSPS) is 10.6. The van der Waals surface area contributed by atoms with E-state index in [2.05, 4.69) is 15.5 Å². The number of nitrogens with one attached hydrogen (secondary N) is 1. The Kier molecular flexibility index (Phi) is 2.60. The highest BCUT2D eigenvalue weighted by Gasteiger charge is 2.08. The van der Waals surface area contributed by atoms with E-state index in [1.807, 2.05) is 7.05 Å². The number of rotatable bonds is 4. The lowest BCUT2D eigenvalue weighted by atomic mass is 10.3. The van der Waals surface area contributed by atoms with Crippen molar-refractivity contribution in [2.24, 2.45) is 0 Å². The Morgan fingerprint density at radius 2 is 2.43 bits per heavy atom. The van der Waals surface area contributed by atoms with Crippen LogP contribution < -0.4 is 5.32 Å². The molecule has 0 radical (unpaired) electrons. The van der Waals surface area contributed by atoms with Crippen molar-refractivity contribution in [2.45, 2.75) is 6.42 Å². The van der Waals surface area contributed by atoms with Gasteiger partial charge >= 0.3 is 0 Å². The summed E-state index contributed by atoms with van der Waals surface area (Å²) in [6.45, 7) is 0.826. The Morgan fingerprint density at radius 1 is 1.50 bits per heavy atom. The maximum Gasteiger partial charge on any atom is 0.228 e. The molecule has 0 bridgehead atoms. The van der Waals surface area contributed by atoms with Gasteiger partial charge in [-0.2, -0.15) is 4.98 Å². The fraction of sp³-hybridized carbons (Fsp3) is 0.333. The van der Waals surface area contributed by atoms with Gasteiger partial charge < -0.3 is 14.3 Å². The van der Waals surface area contributed by atoms with Gasteiger partial charge in [-0.15, -0.1) is 0 Å². The molecule has 2 rings (SSSR count). The van der Waals surface area contributed by atoms with Gasteiger partial charge in [-0.3, -0.25) is 0 Å². The van der Waals surface area contributed by atoms with Crippen molar-refractivity contribution in [3.8, 4) is 11.4 Å². The molecular weight excluding hydrogens is 182 g/mol. The van der Waals surface area contributed by atoms with E-state index in [4.69, 9.17) is 8.94 Å². The van der Waals surface area contributed by atoms with Gasteiger partial charge in [0, 0.05) is 13.0 Å². The van der Waals surface area contributed by atoms with Gasteiger partial charge in [0.05, 0.1) is 11.8 Å². The zero-order valence-electron chi connectivity index (χ0n) is 7.86. The standard InChI is InChI=1S/C9H11N3O2/c1-10-4-2-8-11-9(12-14-8)7-3-5-13-6-7/h3,5-6,10H,2,4H2,1H3. The molecule has 0 aliphatic heterocycles. The summed E-state index contributed by atoms with van der Waals surface area (Å²) in [7, 11) is 1.88. The van der Waals surface area contributed by atoms with Crippen LogP contribution in [0.25, 0.3) is 11.4 Å². The predicted molar refractivity (Wildman–Crippen MR) is 49.6 cm³/mol. The molecule has 0 spiro atoms. The fourth-order valence-electron chi connectivity index (χ4n) is 1.10. The lowest BCUT2D eigenvalue weighted by Crippen LogP contribution is -2.10. The summed E-state index contributed by atoms with van der Waals surface area (Å²) in [4.78, 5) is 4.21. The molecule has 74 valence electrons. The molecule has 0 aromatic carbocycles. The van der Waals surface area contributed by atoms with E-state index in [-0.39, 0.29) is 0 Å². The van der Waals surface area contributed by atoms with Crippen molar-refractivity contribution in [3.05, 3.63) is 24.5 Å². The largest absolute Gasteiger partial charge is 0.472 e. The van der Waals surface area contributed by atoms with Crippen LogP contribution in [0.4, 0.5) is 0 Å². The molecule has 2 heterocycles. The molecule has 0 aliphatic rings. The minimum absolute atomic E-state index is 0.574. The monoisotopic (exact) mass is 193 g/mol. The zero-order valence-corrected chi connectivity index (χ0v) is 7.86. The predicted octanol–water partition coefficient (Wildman–Crippen LogP) is 1.09. The second-order valence-electron chi connectivity index (χ2n) is 2.88. The smallest absolute Gasteiger partial charge is 0.228 e. The highest BCUT2D eigenvalue weighted by molar-refractivity contribution is 5.51. The third-order valence-corrected chi connectivity index (χ3v) is 1.84. The quantitative estimate of drug-likeness (QED) is 0.787. The van der Waals surface area contributed by atoms with E-state index >= 15 is 0 Å². The average Bonchev–Trinajstić information content (AvgIpc) is 2.85. The van der Waals surface area contributed by atoms with Crippen molar-refractivity contribution in [3.63, 3.8) is 0 Å². The van der Waals surface area contributed by atoms with Crippen LogP contribution in [0.15, 0.2) is 27.5 Å². The molecule has 0 fully saturated rings. The number of aromatic nitrogens is 2. The van der Waals surface area contributed by atoms with E-state index in [0.717, 1.165) is 18.5 Å². The number of furan rings is 1. The van der Waals surface area contributed by atoms with E-state index in [0.29, 0.717) is 11.7 Å². The van der Waals surface area contributed by atoms with Gasteiger partial charge in [-0.1, -0.05) is 5.16 Å². The second-order valence-corrected chi connectivity index (χ2v) is 2.88. The van der Waals surface area contributed by atoms with E-state index < -0.39 is 0 Å². The Balaban J connectivity index is 2.10. The first-order valence-corrected chi connectivity index (χ1v) is 4.40. The van der Waals surface area contributed by atoms with Gasteiger partial charge in [0.25, 0.3) is 0 Å². The molecule has 0 saturated heterocycles. The van der Waals surface area contributed by atoms with Gasteiger partial charge in [-0.05, 0) is 13.1 Å². The summed E-state index contributed by atoms with van der Waals surface area (Å²) in [6, 6.07) is 1.80. The first-order valence-electron chi connectivity index (χ1n) is 4.40. The molecule has 0 amide bonds. The van der Waals surface area contributed by atoms with Crippen LogP contribution in [0.1, 0.15) is 5.89 Å².